The average molecular weight is 335 g/mol. The van der Waals surface area contributed by atoms with E-state index in [1.165, 1.54) is 0 Å². The fraction of sp³-hybridized carbons (Fsp3) is 0.688. The molecule has 0 unspecified atom stereocenters. The van der Waals surface area contributed by atoms with Crippen LogP contribution in [0.2, 0.25) is 0 Å². The maximum Gasteiger partial charge on any atom is 0.240 e. The summed E-state index contributed by atoms with van der Waals surface area (Å²) < 4.78 is 17.8. The van der Waals surface area contributed by atoms with Gasteiger partial charge in [0.1, 0.15) is 0 Å². The van der Waals surface area contributed by atoms with E-state index in [-0.39, 0.29) is 6.04 Å². The lowest BCUT2D eigenvalue weighted by atomic mass is 10.1. The summed E-state index contributed by atoms with van der Waals surface area (Å²) in [5.41, 5.74) is 2.18. The summed E-state index contributed by atoms with van der Waals surface area (Å²) in [4.78, 5) is 6.82. The third-order valence-corrected chi connectivity index (χ3v) is 4.48. The van der Waals surface area contributed by atoms with Crippen LogP contribution in [0.15, 0.2) is 4.52 Å². The maximum atomic E-state index is 5.56. The summed E-state index contributed by atoms with van der Waals surface area (Å²) >= 11 is 0. The summed E-state index contributed by atoms with van der Waals surface area (Å²) in [5.74, 6) is 2.17. The van der Waals surface area contributed by atoms with Crippen LogP contribution in [0.4, 0.5) is 0 Å². The minimum Gasteiger partial charge on any atom is -0.481 e. The molecule has 3 rings (SSSR count). The van der Waals surface area contributed by atoms with Gasteiger partial charge in [0.05, 0.1) is 31.5 Å². The lowest BCUT2D eigenvalue weighted by Gasteiger charge is -2.23. The summed E-state index contributed by atoms with van der Waals surface area (Å²) in [5, 5.41) is 8.52. The highest BCUT2D eigenvalue weighted by Crippen LogP contribution is 2.39. The Bertz CT molecular complexity index is 681. The SMILES string of the molecule is COCCc1noc(CN2CCC[C@@H]2c2c(C)nn(C)c2OC)n1. The molecule has 132 valence electrons. The van der Waals surface area contributed by atoms with Crippen molar-refractivity contribution >= 4 is 0 Å². The molecule has 0 radical (unpaired) electrons. The Kier molecular flexibility index (Phi) is 5.15. The van der Waals surface area contributed by atoms with E-state index < -0.39 is 0 Å². The highest BCUT2D eigenvalue weighted by molar-refractivity contribution is 5.35. The van der Waals surface area contributed by atoms with Crippen LogP contribution in [-0.2, 0) is 24.8 Å². The summed E-state index contributed by atoms with van der Waals surface area (Å²) in [6, 6.07) is 0.267. The number of hydrogen-bond acceptors (Lipinski definition) is 7. The zero-order chi connectivity index (χ0) is 17.1. The van der Waals surface area contributed by atoms with Gasteiger partial charge in [-0.15, -0.1) is 0 Å². The van der Waals surface area contributed by atoms with E-state index in [0.717, 1.165) is 36.5 Å². The van der Waals surface area contributed by atoms with E-state index in [4.69, 9.17) is 14.0 Å². The molecule has 1 saturated heterocycles. The van der Waals surface area contributed by atoms with Gasteiger partial charge < -0.3 is 14.0 Å². The van der Waals surface area contributed by atoms with Crippen LogP contribution in [0.3, 0.4) is 0 Å². The van der Waals surface area contributed by atoms with Gasteiger partial charge in [-0.05, 0) is 26.3 Å². The fourth-order valence-electron chi connectivity index (χ4n) is 3.44. The Morgan fingerprint density at radius 1 is 1.33 bits per heavy atom. The molecule has 0 saturated carbocycles. The number of rotatable bonds is 7. The first-order chi connectivity index (χ1) is 11.6. The van der Waals surface area contributed by atoms with Crippen LogP contribution in [0.1, 0.15) is 41.9 Å². The van der Waals surface area contributed by atoms with Crippen LogP contribution >= 0.6 is 0 Å². The van der Waals surface area contributed by atoms with Crippen molar-refractivity contribution < 1.29 is 14.0 Å². The second-order valence-corrected chi connectivity index (χ2v) is 6.11. The molecule has 0 spiro atoms. The van der Waals surface area contributed by atoms with Crippen molar-refractivity contribution in [1.29, 1.82) is 0 Å². The van der Waals surface area contributed by atoms with Gasteiger partial charge in [-0.25, -0.2) is 4.68 Å². The molecule has 3 heterocycles. The summed E-state index contributed by atoms with van der Waals surface area (Å²) in [7, 11) is 5.27. The molecule has 24 heavy (non-hydrogen) atoms. The predicted octanol–water partition coefficient (Wildman–Crippen LogP) is 1.65. The second kappa shape index (κ2) is 7.31. The van der Waals surface area contributed by atoms with Crippen molar-refractivity contribution in [1.82, 2.24) is 24.8 Å². The Balaban J connectivity index is 1.75. The molecule has 2 aromatic rings. The molecule has 1 fully saturated rings. The van der Waals surface area contributed by atoms with E-state index in [2.05, 4.69) is 20.1 Å². The number of likely N-dealkylation sites (tertiary alicyclic amines) is 1. The zero-order valence-corrected chi connectivity index (χ0v) is 14.8. The van der Waals surface area contributed by atoms with Crippen LogP contribution < -0.4 is 4.74 Å². The van der Waals surface area contributed by atoms with Crippen molar-refractivity contribution in [3.8, 4) is 5.88 Å². The summed E-state index contributed by atoms with van der Waals surface area (Å²) in [6.07, 6.45) is 2.87. The molecule has 1 atom stereocenters. The minimum atomic E-state index is 0.267. The van der Waals surface area contributed by atoms with Crippen LogP contribution in [0.5, 0.6) is 5.88 Å². The van der Waals surface area contributed by atoms with Gasteiger partial charge in [0.15, 0.2) is 5.82 Å². The number of aromatic nitrogens is 4. The molecule has 8 nitrogen and oxygen atoms in total. The maximum absolute atomic E-state index is 5.56. The van der Waals surface area contributed by atoms with Crippen molar-refractivity contribution in [2.24, 2.45) is 7.05 Å². The van der Waals surface area contributed by atoms with Crippen LogP contribution in [0, 0.1) is 6.92 Å². The van der Waals surface area contributed by atoms with Crippen molar-refractivity contribution in [2.75, 3.05) is 27.4 Å². The molecule has 8 heteroatoms. The Labute approximate surface area is 141 Å². The van der Waals surface area contributed by atoms with Gasteiger partial charge >= 0.3 is 0 Å². The van der Waals surface area contributed by atoms with E-state index in [9.17, 15) is 0 Å². The molecule has 0 aromatic carbocycles. The lowest BCUT2D eigenvalue weighted by molar-refractivity contribution is 0.198. The third kappa shape index (κ3) is 3.29. The van der Waals surface area contributed by atoms with Gasteiger partial charge in [0, 0.05) is 26.6 Å². The number of ether oxygens (including phenoxy) is 2. The minimum absolute atomic E-state index is 0.267. The van der Waals surface area contributed by atoms with E-state index in [0.29, 0.717) is 31.3 Å². The average Bonchev–Trinajstić information content (AvgIpc) is 3.25. The second-order valence-electron chi connectivity index (χ2n) is 6.11. The zero-order valence-electron chi connectivity index (χ0n) is 14.8. The first kappa shape index (κ1) is 16.9. The van der Waals surface area contributed by atoms with Crippen molar-refractivity contribution in [2.45, 2.75) is 38.8 Å². The van der Waals surface area contributed by atoms with Gasteiger partial charge in [-0.1, -0.05) is 5.16 Å². The van der Waals surface area contributed by atoms with E-state index in [1.54, 1.807) is 18.9 Å². The van der Waals surface area contributed by atoms with Gasteiger partial charge in [-0.3, -0.25) is 4.90 Å². The molecule has 1 aliphatic rings. The highest BCUT2D eigenvalue weighted by Gasteiger charge is 2.33. The largest absolute Gasteiger partial charge is 0.481 e. The molecule has 2 aromatic heterocycles. The van der Waals surface area contributed by atoms with E-state index in [1.807, 2.05) is 14.0 Å². The number of nitrogens with zero attached hydrogens (tertiary/aromatic N) is 5. The van der Waals surface area contributed by atoms with Gasteiger partial charge in [-0.2, -0.15) is 10.1 Å². The topological polar surface area (TPSA) is 78.4 Å². The normalized spacial score (nSPS) is 18.4. The quantitative estimate of drug-likeness (QED) is 0.761. The first-order valence-corrected chi connectivity index (χ1v) is 8.26. The van der Waals surface area contributed by atoms with Crippen molar-refractivity contribution in [3.05, 3.63) is 23.0 Å². The Hall–Kier alpha value is -1.93. The van der Waals surface area contributed by atoms with Gasteiger partial charge in [0.2, 0.25) is 11.8 Å². The molecule has 0 bridgehead atoms. The molecular formula is C16H25N5O3. The standard InChI is InChI=1S/C16H25N5O3/c1-11-15(16(23-4)20(2)18-11)12-6-5-8-21(12)10-14-17-13(19-24-14)7-9-22-3/h12H,5-10H2,1-4H3/t12-/m1/s1. The Morgan fingerprint density at radius 2 is 2.17 bits per heavy atom. The number of aryl methyl sites for hydroxylation is 2. The molecule has 0 amide bonds. The third-order valence-electron chi connectivity index (χ3n) is 4.48. The molecular weight excluding hydrogens is 310 g/mol. The number of hydrogen-bond donors (Lipinski definition) is 0. The smallest absolute Gasteiger partial charge is 0.240 e. The van der Waals surface area contributed by atoms with Crippen molar-refractivity contribution in [3.63, 3.8) is 0 Å². The van der Waals surface area contributed by atoms with E-state index >= 15 is 0 Å². The number of methoxy groups -OCH3 is 2. The summed E-state index contributed by atoms with van der Waals surface area (Å²) in [6.45, 7) is 4.27. The molecule has 0 aliphatic carbocycles. The Morgan fingerprint density at radius 3 is 2.92 bits per heavy atom. The first-order valence-electron chi connectivity index (χ1n) is 8.26. The van der Waals surface area contributed by atoms with Crippen LogP contribution in [-0.4, -0.2) is 52.2 Å². The lowest BCUT2D eigenvalue weighted by Crippen LogP contribution is -2.23. The van der Waals surface area contributed by atoms with Gasteiger partial charge in [0.25, 0.3) is 0 Å². The molecule has 1 aliphatic heterocycles. The highest BCUT2D eigenvalue weighted by atomic mass is 16.5. The predicted molar refractivity (Wildman–Crippen MR) is 86.8 cm³/mol. The van der Waals surface area contributed by atoms with Crippen LogP contribution in [0.25, 0.3) is 0 Å². The molecule has 0 N–H and O–H groups in total. The fourth-order valence-corrected chi connectivity index (χ4v) is 3.44. The monoisotopic (exact) mass is 335 g/mol.